The Kier molecular flexibility index (Phi) is 2.23. The van der Waals surface area contributed by atoms with Gasteiger partial charge in [-0.05, 0) is 25.7 Å². The lowest BCUT2D eigenvalue weighted by Gasteiger charge is -2.48. The van der Waals surface area contributed by atoms with E-state index < -0.39 is 0 Å². The Balaban J connectivity index is 2.76. The molecule has 0 radical (unpaired) electrons. The summed E-state index contributed by atoms with van der Waals surface area (Å²) in [6, 6.07) is 0.177. The van der Waals surface area contributed by atoms with E-state index in [2.05, 4.69) is 13.8 Å². The third kappa shape index (κ3) is 1.63. The molecule has 0 aliphatic carbocycles. The maximum Gasteiger partial charge on any atom is 0.0419 e. The van der Waals surface area contributed by atoms with E-state index in [4.69, 9.17) is 5.73 Å². The standard InChI is InChI=1S/C9H20N2O/c1-8(2)6-11(12)9(3,4)5-7(8)10/h7,12H,5-6,10H2,1-4H3. The lowest BCUT2D eigenvalue weighted by Crippen LogP contribution is -2.60. The molecule has 0 aromatic carbocycles. The van der Waals surface area contributed by atoms with Crippen LogP contribution in [0.25, 0.3) is 0 Å². The summed E-state index contributed by atoms with van der Waals surface area (Å²) in [7, 11) is 0. The molecule has 0 bridgehead atoms. The second kappa shape index (κ2) is 2.69. The van der Waals surface area contributed by atoms with E-state index in [1.165, 1.54) is 5.06 Å². The fraction of sp³-hybridized carbons (Fsp3) is 1.00. The summed E-state index contributed by atoms with van der Waals surface area (Å²) in [6.45, 7) is 8.87. The SMILES string of the molecule is CC1(C)CN(O)C(C)(C)CC1N. The molecule has 1 fully saturated rings. The van der Waals surface area contributed by atoms with Gasteiger partial charge < -0.3 is 10.9 Å². The van der Waals surface area contributed by atoms with Crippen molar-refractivity contribution in [2.45, 2.75) is 45.7 Å². The first-order chi connectivity index (χ1) is 5.26. The predicted octanol–water partition coefficient (Wildman–Crippen LogP) is 1.21. The molecule has 1 atom stereocenters. The van der Waals surface area contributed by atoms with Gasteiger partial charge in [0.05, 0.1) is 0 Å². The van der Waals surface area contributed by atoms with Crippen LogP contribution in [0.15, 0.2) is 0 Å². The fourth-order valence-corrected chi connectivity index (χ4v) is 1.64. The van der Waals surface area contributed by atoms with Gasteiger partial charge in [-0.2, -0.15) is 5.06 Å². The van der Waals surface area contributed by atoms with E-state index in [9.17, 15) is 5.21 Å². The summed E-state index contributed by atoms with van der Waals surface area (Å²) in [5, 5.41) is 11.1. The molecule has 0 aromatic rings. The molecule has 1 saturated heterocycles. The fourth-order valence-electron chi connectivity index (χ4n) is 1.64. The summed E-state index contributed by atoms with van der Waals surface area (Å²) < 4.78 is 0. The molecule has 0 aromatic heterocycles. The Hall–Kier alpha value is -0.120. The lowest BCUT2D eigenvalue weighted by atomic mass is 9.74. The van der Waals surface area contributed by atoms with Crippen molar-refractivity contribution in [2.75, 3.05) is 6.54 Å². The van der Waals surface area contributed by atoms with Crippen molar-refractivity contribution in [3.05, 3.63) is 0 Å². The van der Waals surface area contributed by atoms with Gasteiger partial charge in [-0.25, -0.2) is 0 Å². The van der Waals surface area contributed by atoms with Crippen molar-refractivity contribution in [1.82, 2.24) is 5.06 Å². The summed E-state index contributed by atoms with van der Waals surface area (Å²) in [6.07, 6.45) is 0.844. The van der Waals surface area contributed by atoms with E-state index in [1.54, 1.807) is 0 Å². The van der Waals surface area contributed by atoms with Crippen LogP contribution in [0.1, 0.15) is 34.1 Å². The van der Waals surface area contributed by atoms with Crippen LogP contribution >= 0.6 is 0 Å². The minimum absolute atomic E-state index is 0.0181. The average Bonchev–Trinajstić information content (AvgIpc) is 1.82. The number of rotatable bonds is 0. The van der Waals surface area contributed by atoms with Crippen molar-refractivity contribution < 1.29 is 5.21 Å². The highest BCUT2D eigenvalue weighted by Gasteiger charge is 2.42. The predicted molar refractivity (Wildman–Crippen MR) is 48.9 cm³/mol. The van der Waals surface area contributed by atoms with Crippen LogP contribution in [0, 0.1) is 5.41 Å². The highest BCUT2D eigenvalue weighted by molar-refractivity contribution is 4.96. The number of piperidine rings is 1. The van der Waals surface area contributed by atoms with E-state index in [1.807, 2.05) is 13.8 Å². The van der Waals surface area contributed by atoms with Gasteiger partial charge in [0.1, 0.15) is 0 Å². The summed E-state index contributed by atoms with van der Waals surface area (Å²) >= 11 is 0. The van der Waals surface area contributed by atoms with E-state index in [0.29, 0.717) is 6.54 Å². The Morgan fingerprint density at radius 1 is 1.33 bits per heavy atom. The first kappa shape index (κ1) is 9.96. The minimum atomic E-state index is -0.172. The van der Waals surface area contributed by atoms with Crippen LogP contribution in [0.5, 0.6) is 0 Å². The van der Waals surface area contributed by atoms with Crippen LogP contribution in [0.3, 0.4) is 0 Å². The zero-order valence-electron chi connectivity index (χ0n) is 8.46. The van der Waals surface area contributed by atoms with Gasteiger partial charge in [-0.15, -0.1) is 0 Å². The zero-order chi connectivity index (χ0) is 9.57. The maximum atomic E-state index is 9.67. The molecule has 1 heterocycles. The third-order valence-corrected chi connectivity index (χ3v) is 2.98. The molecule has 12 heavy (non-hydrogen) atoms. The Morgan fingerprint density at radius 3 is 2.25 bits per heavy atom. The van der Waals surface area contributed by atoms with Gasteiger partial charge in [0, 0.05) is 18.1 Å². The normalized spacial score (nSPS) is 35.0. The molecular weight excluding hydrogens is 152 g/mol. The van der Waals surface area contributed by atoms with Crippen LogP contribution in [0.2, 0.25) is 0 Å². The van der Waals surface area contributed by atoms with Gasteiger partial charge in [-0.3, -0.25) is 0 Å². The minimum Gasteiger partial charge on any atom is -0.327 e. The van der Waals surface area contributed by atoms with Crippen molar-refractivity contribution in [3.63, 3.8) is 0 Å². The van der Waals surface area contributed by atoms with Gasteiger partial charge in [-0.1, -0.05) is 13.8 Å². The third-order valence-electron chi connectivity index (χ3n) is 2.98. The second-order valence-corrected chi connectivity index (χ2v) is 5.17. The molecule has 1 rings (SSSR count). The van der Waals surface area contributed by atoms with Gasteiger partial charge in [0.2, 0.25) is 0 Å². The van der Waals surface area contributed by atoms with Gasteiger partial charge >= 0.3 is 0 Å². The van der Waals surface area contributed by atoms with Crippen molar-refractivity contribution >= 4 is 0 Å². The summed E-state index contributed by atoms with van der Waals surface area (Å²) in [5.41, 5.74) is 5.86. The highest BCUT2D eigenvalue weighted by atomic mass is 16.5. The van der Waals surface area contributed by atoms with Crippen LogP contribution < -0.4 is 5.73 Å². The zero-order valence-corrected chi connectivity index (χ0v) is 8.46. The Morgan fingerprint density at radius 2 is 1.83 bits per heavy atom. The molecular formula is C9H20N2O. The summed E-state index contributed by atoms with van der Waals surface area (Å²) in [5.74, 6) is 0. The molecule has 0 amide bonds. The number of hydroxylamine groups is 2. The number of hydrogen-bond donors (Lipinski definition) is 2. The van der Waals surface area contributed by atoms with Crippen LogP contribution in [-0.4, -0.2) is 28.4 Å². The molecule has 3 N–H and O–H groups in total. The number of nitrogens with zero attached hydrogens (tertiary/aromatic N) is 1. The first-order valence-electron chi connectivity index (χ1n) is 4.48. The average molecular weight is 172 g/mol. The largest absolute Gasteiger partial charge is 0.327 e. The van der Waals surface area contributed by atoms with Crippen molar-refractivity contribution in [1.29, 1.82) is 0 Å². The Labute approximate surface area is 74.5 Å². The molecule has 72 valence electrons. The van der Waals surface area contributed by atoms with Crippen LogP contribution in [0.4, 0.5) is 0 Å². The Bertz CT molecular complexity index is 157. The molecule has 1 aliphatic rings. The topological polar surface area (TPSA) is 49.5 Å². The van der Waals surface area contributed by atoms with Crippen molar-refractivity contribution in [2.24, 2.45) is 11.1 Å². The molecule has 3 heteroatoms. The highest BCUT2D eigenvalue weighted by Crippen LogP contribution is 2.35. The monoisotopic (exact) mass is 172 g/mol. The van der Waals surface area contributed by atoms with E-state index >= 15 is 0 Å². The molecule has 0 saturated carbocycles. The lowest BCUT2D eigenvalue weighted by molar-refractivity contribution is -0.206. The maximum absolute atomic E-state index is 9.67. The molecule has 0 spiro atoms. The smallest absolute Gasteiger partial charge is 0.0419 e. The summed E-state index contributed by atoms with van der Waals surface area (Å²) in [4.78, 5) is 0. The second-order valence-electron chi connectivity index (χ2n) is 5.17. The van der Waals surface area contributed by atoms with Crippen LogP contribution in [-0.2, 0) is 0 Å². The van der Waals surface area contributed by atoms with Crippen molar-refractivity contribution in [3.8, 4) is 0 Å². The first-order valence-corrected chi connectivity index (χ1v) is 4.48. The van der Waals surface area contributed by atoms with E-state index in [0.717, 1.165) is 6.42 Å². The number of nitrogens with two attached hydrogens (primary N) is 1. The number of hydrogen-bond acceptors (Lipinski definition) is 3. The quantitative estimate of drug-likeness (QED) is 0.577. The van der Waals surface area contributed by atoms with Gasteiger partial charge in [0.15, 0.2) is 0 Å². The van der Waals surface area contributed by atoms with Gasteiger partial charge in [0.25, 0.3) is 0 Å². The molecule has 3 nitrogen and oxygen atoms in total. The van der Waals surface area contributed by atoms with E-state index in [-0.39, 0.29) is 17.0 Å². The molecule has 1 unspecified atom stereocenters. The molecule has 1 aliphatic heterocycles.